The van der Waals surface area contributed by atoms with Crippen molar-refractivity contribution < 1.29 is 18.5 Å². The van der Waals surface area contributed by atoms with Crippen LogP contribution >= 0.6 is 0 Å². The van der Waals surface area contributed by atoms with Crippen molar-refractivity contribution >= 4 is 17.4 Å². The Labute approximate surface area is 56.3 Å². The molecule has 0 radical (unpaired) electrons. The van der Waals surface area contributed by atoms with E-state index in [1.54, 1.807) is 19.6 Å². The van der Waals surface area contributed by atoms with Crippen LogP contribution in [0.2, 0.25) is 19.6 Å². The summed E-state index contributed by atoms with van der Waals surface area (Å²) in [5.41, 5.74) is 0. The van der Waals surface area contributed by atoms with Gasteiger partial charge >= 0.3 is 0 Å². The van der Waals surface area contributed by atoms with E-state index in [-0.39, 0.29) is 0 Å². The molecule has 4 nitrogen and oxygen atoms in total. The van der Waals surface area contributed by atoms with Gasteiger partial charge in [0.2, 0.25) is 0 Å². The molecule has 0 aromatic rings. The van der Waals surface area contributed by atoms with Crippen LogP contribution in [0.25, 0.3) is 0 Å². The predicted molar refractivity (Wildman–Crippen MR) is 30.2 cm³/mol. The molecular formula is C3H9O4Si2-3. The van der Waals surface area contributed by atoms with E-state index >= 15 is 0 Å². The Balaban J connectivity index is 3.75. The first-order valence-electron chi connectivity index (χ1n) is 2.52. The fraction of sp³-hybridized carbons (Fsp3) is 1.00. The van der Waals surface area contributed by atoms with Gasteiger partial charge in [0.05, 0.1) is 0 Å². The van der Waals surface area contributed by atoms with E-state index in [1.165, 1.54) is 0 Å². The third-order valence-electron chi connectivity index (χ3n) is 0.431. The summed E-state index contributed by atoms with van der Waals surface area (Å²) in [6.07, 6.45) is 0. The van der Waals surface area contributed by atoms with Gasteiger partial charge in [0.1, 0.15) is 0 Å². The molecule has 0 unspecified atom stereocenters. The van der Waals surface area contributed by atoms with Crippen LogP contribution in [-0.4, -0.2) is 17.4 Å². The van der Waals surface area contributed by atoms with Gasteiger partial charge in [-0.3, -0.25) is 0 Å². The van der Waals surface area contributed by atoms with E-state index in [0.717, 1.165) is 0 Å². The van der Waals surface area contributed by atoms with E-state index < -0.39 is 17.4 Å². The van der Waals surface area contributed by atoms with E-state index in [1.807, 2.05) is 0 Å². The molecule has 0 saturated carbocycles. The van der Waals surface area contributed by atoms with Gasteiger partial charge in [-0.15, -0.1) is 9.05 Å². The van der Waals surface area contributed by atoms with Crippen molar-refractivity contribution in [3.63, 3.8) is 0 Å². The van der Waals surface area contributed by atoms with E-state index in [0.29, 0.717) is 0 Å². The van der Waals surface area contributed by atoms with Crippen molar-refractivity contribution in [3.05, 3.63) is 0 Å². The molecule has 0 rings (SSSR count). The molecule has 0 atom stereocenters. The molecule has 56 valence electrons. The van der Waals surface area contributed by atoms with Gasteiger partial charge < -0.3 is 18.5 Å². The van der Waals surface area contributed by atoms with Gasteiger partial charge in [-0.2, -0.15) is 0 Å². The van der Waals surface area contributed by atoms with Crippen molar-refractivity contribution in [1.82, 2.24) is 0 Å². The van der Waals surface area contributed by atoms with Crippen LogP contribution < -0.4 is 14.4 Å². The number of rotatable bonds is 2. The lowest BCUT2D eigenvalue weighted by molar-refractivity contribution is -0.534. The zero-order valence-corrected chi connectivity index (χ0v) is 7.63. The molecule has 6 heteroatoms. The van der Waals surface area contributed by atoms with Crippen LogP contribution in [-0.2, 0) is 4.12 Å². The molecule has 0 aliphatic heterocycles. The summed E-state index contributed by atoms with van der Waals surface area (Å²) in [5, 5.41) is 0. The summed E-state index contributed by atoms with van der Waals surface area (Å²) >= 11 is 0. The Morgan fingerprint density at radius 1 is 1.00 bits per heavy atom. The van der Waals surface area contributed by atoms with Crippen LogP contribution in [0.15, 0.2) is 0 Å². The van der Waals surface area contributed by atoms with Crippen LogP contribution in [0.3, 0.4) is 0 Å². The second-order valence-electron chi connectivity index (χ2n) is 2.71. The normalized spacial score (nSPS) is 14.0. The molecule has 0 amide bonds. The lowest BCUT2D eigenvalue weighted by atomic mass is 11.8. The first-order chi connectivity index (χ1) is 3.71. The Kier molecular flexibility index (Phi) is 2.56. The Bertz CT molecular complexity index is 79.0. The van der Waals surface area contributed by atoms with Crippen molar-refractivity contribution in [1.29, 1.82) is 0 Å². The lowest BCUT2D eigenvalue weighted by Crippen LogP contribution is -2.77. The first kappa shape index (κ1) is 9.27. The molecule has 0 aromatic heterocycles. The maximum Gasteiger partial charge on any atom is 0.166 e. The molecule has 0 aromatic carbocycles. The maximum absolute atomic E-state index is 9.96. The highest BCUT2D eigenvalue weighted by Gasteiger charge is 2.11. The first-order valence-corrected chi connectivity index (χ1v) is 7.56. The average molecular weight is 165 g/mol. The fourth-order valence-electron chi connectivity index (χ4n) is 0.375. The molecule has 0 fully saturated rings. The number of hydrogen-bond acceptors (Lipinski definition) is 4. The molecular weight excluding hydrogens is 156 g/mol. The SMILES string of the molecule is C[Si](C)(C)O[Si]([O-])([O-])[O-]. The summed E-state index contributed by atoms with van der Waals surface area (Å²) in [6.45, 7) is 4.92. The predicted octanol–water partition coefficient (Wildman–Crippen LogP) is -2.65. The summed E-state index contributed by atoms with van der Waals surface area (Å²) < 4.78 is 4.24. The zero-order chi connectivity index (χ0) is 7.71. The second-order valence-corrected chi connectivity index (χ2v) is 8.76. The molecule has 0 N–H and O–H groups in total. The maximum atomic E-state index is 9.96. The molecule has 0 heterocycles. The second kappa shape index (κ2) is 2.48. The van der Waals surface area contributed by atoms with Gasteiger partial charge in [-0.1, -0.05) is 0 Å². The molecule has 0 aliphatic carbocycles. The van der Waals surface area contributed by atoms with Gasteiger partial charge in [0.25, 0.3) is 0 Å². The van der Waals surface area contributed by atoms with E-state index in [4.69, 9.17) is 0 Å². The van der Waals surface area contributed by atoms with Gasteiger partial charge in [-0.05, 0) is 19.6 Å². The third-order valence-corrected chi connectivity index (χ3v) is 3.88. The highest BCUT2D eigenvalue weighted by Crippen LogP contribution is 2.01. The molecule has 0 aliphatic rings. The van der Waals surface area contributed by atoms with Crippen molar-refractivity contribution in [2.24, 2.45) is 0 Å². The minimum atomic E-state index is -4.98. The molecule has 9 heavy (non-hydrogen) atoms. The third kappa shape index (κ3) is 8.27. The summed E-state index contributed by atoms with van der Waals surface area (Å²) in [6, 6.07) is 0. The van der Waals surface area contributed by atoms with Crippen molar-refractivity contribution in [2.75, 3.05) is 0 Å². The Morgan fingerprint density at radius 2 is 1.33 bits per heavy atom. The van der Waals surface area contributed by atoms with Crippen molar-refractivity contribution in [3.8, 4) is 0 Å². The molecule has 0 saturated heterocycles. The van der Waals surface area contributed by atoms with Gasteiger partial charge in [-0.25, -0.2) is 0 Å². The highest BCUT2D eigenvalue weighted by molar-refractivity contribution is 6.75. The van der Waals surface area contributed by atoms with Gasteiger partial charge in [0.15, 0.2) is 8.32 Å². The largest absolute Gasteiger partial charge is 0.862 e. The Hall–Kier alpha value is 0.274. The van der Waals surface area contributed by atoms with Crippen LogP contribution in [0.1, 0.15) is 0 Å². The Morgan fingerprint density at radius 3 is 1.33 bits per heavy atom. The smallest absolute Gasteiger partial charge is 0.166 e. The molecule has 0 bridgehead atoms. The monoisotopic (exact) mass is 165 g/mol. The van der Waals surface area contributed by atoms with Crippen molar-refractivity contribution in [2.45, 2.75) is 19.6 Å². The van der Waals surface area contributed by atoms with E-state index in [9.17, 15) is 14.4 Å². The summed E-state index contributed by atoms with van der Waals surface area (Å²) in [5.74, 6) is 0. The minimum Gasteiger partial charge on any atom is -0.862 e. The van der Waals surface area contributed by atoms with E-state index in [2.05, 4.69) is 4.12 Å². The quantitative estimate of drug-likeness (QED) is 0.419. The van der Waals surface area contributed by atoms with Crippen LogP contribution in [0.4, 0.5) is 0 Å². The summed E-state index contributed by atoms with van der Waals surface area (Å²) in [4.78, 5) is 29.9. The standard InChI is InChI=1S/C3H9O4Si2/c1-8(2,3)7-9(4,5)6/h1-3H3/q-3. The van der Waals surface area contributed by atoms with Crippen LogP contribution in [0, 0.1) is 0 Å². The van der Waals surface area contributed by atoms with Gasteiger partial charge in [0, 0.05) is 0 Å². The summed E-state index contributed by atoms with van der Waals surface area (Å²) in [7, 11) is -7.15. The molecule has 0 spiro atoms. The number of hydrogen-bond donors (Lipinski definition) is 0. The lowest BCUT2D eigenvalue weighted by Gasteiger charge is -2.58. The van der Waals surface area contributed by atoms with Crippen LogP contribution in [0.5, 0.6) is 0 Å². The highest BCUT2D eigenvalue weighted by atomic mass is 28.5. The minimum absolute atomic E-state index is 1.64. The topological polar surface area (TPSA) is 78.4 Å². The average Bonchev–Trinajstić information content (AvgIpc) is 1.14. The fourth-order valence-corrected chi connectivity index (χ4v) is 3.38. The zero-order valence-electron chi connectivity index (χ0n) is 5.63.